The predicted molar refractivity (Wildman–Crippen MR) is 107 cm³/mol. The van der Waals surface area contributed by atoms with Crippen molar-refractivity contribution in [2.45, 2.75) is 19.3 Å². The van der Waals surface area contributed by atoms with Gasteiger partial charge in [-0.15, -0.1) is 0 Å². The molecule has 0 aliphatic rings. The molecule has 4 aromatic rings. The smallest absolute Gasteiger partial charge is 0.272 e. The van der Waals surface area contributed by atoms with E-state index in [-0.39, 0.29) is 17.4 Å². The molecule has 0 bridgehead atoms. The molecule has 0 radical (unpaired) electrons. The lowest BCUT2D eigenvalue weighted by atomic mass is 9.95. The van der Waals surface area contributed by atoms with Crippen molar-refractivity contribution in [2.75, 3.05) is 7.11 Å². The Bertz CT molecular complexity index is 1200. The van der Waals surface area contributed by atoms with Crippen molar-refractivity contribution in [3.8, 4) is 5.75 Å². The molecule has 1 heterocycles. The summed E-state index contributed by atoms with van der Waals surface area (Å²) in [5, 5.41) is 5.37. The van der Waals surface area contributed by atoms with Crippen LogP contribution in [0.25, 0.3) is 21.7 Å². The average Bonchev–Trinajstić information content (AvgIpc) is 3.04. The summed E-state index contributed by atoms with van der Waals surface area (Å²) in [6, 6.07) is 19.2. The molecule has 5 nitrogen and oxygen atoms in total. The van der Waals surface area contributed by atoms with E-state index in [0.717, 1.165) is 22.1 Å². The van der Waals surface area contributed by atoms with Gasteiger partial charge in [-0.25, -0.2) is 4.68 Å². The number of carbonyl (C=O) groups excluding carboxylic acids is 1. The van der Waals surface area contributed by atoms with E-state index in [1.165, 1.54) is 4.68 Å². The summed E-state index contributed by atoms with van der Waals surface area (Å²) in [7, 11) is 1.65. The van der Waals surface area contributed by atoms with Crippen LogP contribution in [0.3, 0.4) is 0 Å². The lowest BCUT2D eigenvalue weighted by molar-refractivity contribution is 0.0884. The normalized spacial score (nSPS) is 12.4. The fourth-order valence-corrected chi connectivity index (χ4v) is 3.43. The molecule has 0 amide bonds. The zero-order valence-corrected chi connectivity index (χ0v) is 15.2. The van der Waals surface area contributed by atoms with E-state index in [9.17, 15) is 9.59 Å². The summed E-state index contributed by atoms with van der Waals surface area (Å²) in [4.78, 5) is 24.8. The molecule has 0 aliphatic heterocycles. The van der Waals surface area contributed by atoms with E-state index >= 15 is 0 Å². The topological polar surface area (TPSA) is 64.1 Å². The molecular weight excluding hydrogens is 340 g/mol. The Morgan fingerprint density at radius 3 is 2.63 bits per heavy atom. The molecule has 1 unspecified atom stereocenters. The number of benzene rings is 3. The van der Waals surface area contributed by atoms with Gasteiger partial charge in [0.05, 0.1) is 18.0 Å². The first kappa shape index (κ1) is 17.1. The number of aromatic amines is 1. The van der Waals surface area contributed by atoms with Gasteiger partial charge in [0.2, 0.25) is 5.91 Å². The first-order chi connectivity index (χ1) is 13.1. The Morgan fingerprint density at radius 2 is 1.81 bits per heavy atom. The second kappa shape index (κ2) is 6.76. The number of ether oxygens (including phenoxy) is 1. The number of fused-ring (bicyclic) bond motifs is 2. The van der Waals surface area contributed by atoms with Crippen molar-refractivity contribution < 1.29 is 9.53 Å². The predicted octanol–water partition coefficient (Wildman–Crippen LogP) is 4.33. The van der Waals surface area contributed by atoms with E-state index in [4.69, 9.17) is 4.74 Å². The van der Waals surface area contributed by atoms with E-state index < -0.39 is 0 Å². The number of rotatable bonds is 4. The Kier molecular flexibility index (Phi) is 4.28. The number of nitrogens with one attached hydrogen (secondary N) is 1. The summed E-state index contributed by atoms with van der Waals surface area (Å²) >= 11 is 0. The Balaban J connectivity index is 1.61. The van der Waals surface area contributed by atoms with Gasteiger partial charge in [-0.1, -0.05) is 43.3 Å². The summed E-state index contributed by atoms with van der Waals surface area (Å²) < 4.78 is 6.62. The van der Waals surface area contributed by atoms with Crippen LogP contribution in [-0.4, -0.2) is 22.8 Å². The molecule has 3 aromatic carbocycles. The summed E-state index contributed by atoms with van der Waals surface area (Å²) in [6.45, 7) is 2.02. The lowest BCUT2D eigenvalue weighted by Crippen LogP contribution is -2.17. The monoisotopic (exact) mass is 360 g/mol. The number of hydrogen-bond donors (Lipinski definition) is 1. The molecule has 0 saturated carbocycles. The van der Waals surface area contributed by atoms with E-state index in [1.807, 2.05) is 43.3 Å². The molecule has 1 aromatic heterocycles. The minimum atomic E-state index is -0.244. The number of nitrogens with zero attached hydrogens (tertiary/aromatic N) is 1. The molecule has 1 N–H and O–H groups in total. The van der Waals surface area contributed by atoms with Gasteiger partial charge in [0.1, 0.15) is 5.75 Å². The second-order valence-corrected chi connectivity index (χ2v) is 6.76. The Hall–Kier alpha value is -3.34. The molecular formula is C22H20N2O3. The van der Waals surface area contributed by atoms with Crippen molar-refractivity contribution in [3.05, 3.63) is 76.6 Å². The number of methoxy groups -OCH3 is 1. The highest BCUT2D eigenvalue weighted by Gasteiger charge is 2.17. The Labute approximate surface area is 156 Å². The first-order valence-corrected chi connectivity index (χ1v) is 8.87. The van der Waals surface area contributed by atoms with Crippen LogP contribution in [0.5, 0.6) is 5.75 Å². The molecule has 1 atom stereocenters. The maximum Gasteiger partial charge on any atom is 0.272 e. The molecule has 4 rings (SSSR count). The minimum Gasteiger partial charge on any atom is -0.497 e. The maximum atomic E-state index is 12.8. The van der Waals surface area contributed by atoms with Crippen LogP contribution in [0.1, 0.15) is 29.6 Å². The number of carbonyl (C=O) groups is 1. The molecule has 0 fully saturated rings. The number of aromatic nitrogens is 2. The highest BCUT2D eigenvalue weighted by molar-refractivity contribution is 5.91. The average molecular weight is 360 g/mol. The summed E-state index contributed by atoms with van der Waals surface area (Å²) in [6.07, 6.45) is 0.302. The SMILES string of the molecule is COc1ccc2cc(C(C)CC(=O)n3[nH]c(=O)c4ccccc43)ccc2c1. The first-order valence-electron chi connectivity index (χ1n) is 8.87. The highest BCUT2D eigenvalue weighted by Crippen LogP contribution is 2.27. The zero-order valence-electron chi connectivity index (χ0n) is 15.2. The van der Waals surface area contributed by atoms with Crippen LogP contribution in [0, 0.1) is 0 Å². The summed E-state index contributed by atoms with van der Waals surface area (Å²) in [5.74, 6) is 0.714. The maximum absolute atomic E-state index is 12.8. The van der Waals surface area contributed by atoms with Crippen LogP contribution >= 0.6 is 0 Å². The lowest BCUT2D eigenvalue weighted by Gasteiger charge is -2.13. The third kappa shape index (κ3) is 3.12. The van der Waals surface area contributed by atoms with Crippen molar-refractivity contribution in [1.29, 1.82) is 0 Å². The quantitative estimate of drug-likeness (QED) is 0.589. The van der Waals surface area contributed by atoms with Crippen LogP contribution in [0.2, 0.25) is 0 Å². The third-order valence-electron chi connectivity index (χ3n) is 4.97. The molecule has 5 heteroatoms. The minimum absolute atomic E-state index is 0.0219. The van der Waals surface area contributed by atoms with Gasteiger partial charge in [-0.2, -0.15) is 0 Å². The van der Waals surface area contributed by atoms with Crippen LogP contribution < -0.4 is 10.3 Å². The van der Waals surface area contributed by atoms with Crippen molar-refractivity contribution in [3.63, 3.8) is 0 Å². The number of H-pyrrole nitrogens is 1. The van der Waals surface area contributed by atoms with Crippen LogP contribution in [0.4, 0.5) is 0 Å². The van der Waals surface area contributed by atoms with Crippen LogP contribution in [0.15, 0.2) is 65.5 Å². The van der Waals surface area contributed by atoms with E-state index in [2.05, 4.69) is 11.2 Å². The van der Waals surface area contributed by atoms with Gasteiger partial charge < -0.3 is 4.74 Å². The van der Waals surface area contributed by atoms with Gasteiger partial charge in [0.15, 0.2) is 0 Å². The van der Waals surface area contributed by atoms with Gasteiger partial charge >= 0.3 is 0 Å². The van der Waals surface area contributed by atoms with E-state index in [1.54, 1.807) is 25.3 Å². The van der Waals surface area contributed by atoms with E-state index in [0.29, 0.717) is 17.3 Å². The number of hydrogen-bond acceptors (Lipinski definition) is 3. The molecule has 0 aliphatic carbocycles. The third-order valence-corrected chi connectivity index (χ3v) is 4.97. The van der Waals surface area contributed by atoms with Gasteiger partial charge in [0.25, 0.3) is 5.56 Å². The van der Waals surface area contributed by atoms with Gasteiger partial charge in [0, 0.05) is 6.42 Å². The zero-order chi connectivity index (χ0) is 19.0. The highest BCUT2D eigenvalue weighted by atomic mass is 16.5. The van der Waals surface area contributed by atoms with Gasteiger partial charge in [-0.3, -0.25) is 14.7 Å². The van der Waals surface area contributed by atoms with Crippen molar-refractivity contribution in [1.82, 2.24) is 9.78 Å². The van der Waals surface area contributed by atoms with Crippen molar-refractivity contribution in [2.24, 2.45) is 0 Å². The second-order valence-electron chi connectivity index (χ2n) is 6.76. The summed E-state index contributed by atoms with van der Waals surface area (Å²) in [5.41, 5.74) is 1.45. The standard InChI is InChI=1S/C22H20N2O3/c1-14(15-7-8-17-13-18(27-2)10-9-16(17)12-15)11-21(25)24-20-6-4-3-5-19(20)22(26)23-24/h3-10,12-14H,11H2,1-2H3,(H,23,26). The fourth-order valence-electron chi connectivity index (χ4n) is 3.43. The van der Waals surface area contributed by atoms with Crippen LogP contribution in [-0.2, 0) is 0 Å². The molecule has 136 valence electrons. The molecule has 0 saturated heterocycles. The fraction of sp³-hybridized carbons (Fsp3) is 0.182. The van der Waals surface area contributed by atoms with Crippen molar-refractivity contribution >= 4 is 27.6 Å². The molecule has 0 spiro atoms. The number of para-hydroxylation sites is 1. The Morgan fingerprint density at radius 1 is 1.07 bits per heavy atom. The molecule has 27 heavy (non-hydrogen) atoms. The largest absolute Gasteiger partial charge is 0.497 e. The van der Waals surface area contributed by atoms with Gasteiger partial charge in [-0.05, 0) is 46.5 Å².